The van der Waals surface area contributed by atoms with Crippen molar-refractivity contribution < 1.29 is 0 Å². The number of benzene rings is 2. The number of nitrogens with two attached hydrogens (primary N) is 1. The maximum Gasteiger partial charge on any atom is 0.281 e. The van der Waals surface area contributed by atoms with Gasteiger partial charge in [0.15, 0.2) is 5.65 Å². The molecule has 0 fully saturated rings. The van der Waals surface area contributed by atoms with Crippen molar-refractivity contribution >= 4 is 33.6 Å². The van der Waals surface area contributed by atoms with Gasteiger partial charge in [-0.05, 0) is 52.4 Å². The molecule has 0 aliphatic heterocycles. The third kappa shape index (κ3) is 2.39. The molecule has 0 aliphatic rings. The molecule has 4 aromatic rings. The summed E-state index contributed by atoms with van der Waals surface area (Å²) < 4.78 is 4.09. The van der Waals surface area contributed by atoms with E-state index in [1.807, 2.05) is 65.4 Å². The van der Waals surface area contributed by atoms with Crippen LogP contribution in [0.5, 0.6) is 0 Å². The summed E-state index contributed by atoms with van der Waals surface area (Å²) in [5.74, 6) is 5.73. The van der Waals surface area contributed by atoms with E-state index in [1.165, 1.54) is 6.33 Å². The number of halogens is 1. The first-order valence-electron chi connectivity index (χ1n) is 7.34. The van der Waals surface area contributed by atoms with E-state index in [0.717, 1.165) is 25.1 Å². The van der Waals surface area contributed by atoms with Gasteiger partial charge in [0.25, 0.3) is 5.56 Å². The molecule has 118 valence electrons. The Labute approximate surface area is 151 Å². The average molecular weight is 428 g/mol. The minimum Gasteiger partial charge on any atom is -0.335 e. The lowest BCUT2D eigenvalue weighted by Gasteiger charge is -2.04. The van der Waals surface area contributed by atoms with Crippen molar-refractivity contribution in [2.24, 2.45) is 0 Å². The SMILES string of the molecule is Nn1cnc2c(c(-c3ccccc3)cn2-c2ccc(I)cc2)c1=O. The number of nitrogens with zero attached hydrogens (tertiary/aromatic N) is 3. The highest BCUT2D eigenvalue weighted by atomic mass is 127. The van der Waals surface area contributed by atoms with Crippen molar-refractivity contribution in [3.63, 3.8) is 0 Å². The van der Waals surface area contributed by atoms with Gasteiger partial charge in [-0.3, -0.25) is 4.79 Å². The predicted molar refractivity (Wildman–Crippen MR) is 104 cm³/mol. The smallest absolute Gasteiger partial charge is 0.281 e. The maximum atomic E-state index is 12.6. The van der Waals surface area contributed by atoms with Gasteiger partial charge in [-0.15, -0.1) is 0 Å². The molecule has 0 spiro atoms. The fourth-order valence-corrected chi connectivity index (χ4v) is 3.13. The molecular weight excluding hydrogens is 415 g/mol. The van der Waals surface area contributed by atoms with E-state index in [4.69, 9.17) is 5.84 Å². The number of aromatic nitrogens is 3. The van der Waals surface area contributed by atoms with Crippen molar-refractivity contribution in [3.05, 3.63) is 81.0 Å². The van der Waals surface area contributed by atoms with Crippen LogP contribution in [0.15, 0.2) is 71.9 Å². The lowest BCUT2D eigenvalue weighted by Crippen LogP contribution is -2.27. The molecule has 0 amide bonds. The summed E-state index contributed by atoms with van der Waals surface area (Å²) in [5, 5.41) is 0.518. The van der Waals surface area contributed by atoms with Crippen LogP contribution in [0.2, 0.25) is 0 Å². The van der Waals surface area contributed by atoms with Crippen LogP contribution in [0.3, 0.4) is 0 Å². The first-order valence-corrected chi connectivity index (χ1v) is 8.42. The third-order valence-corrected chi connectivity index (χ3v) is 4.64. The Bertz CT molecular complexity index is 1080. The zero-order valence-corrected chi connectivity index (χ0v) is 14.7. The number of hydrogen-bond acceptors (Lipinski definition) is 3. The fourth-order valence-electron chi connectivity index (χ4n) is 2.77. The van der Waals surface area contributed by atoms with Crippen LogP contribution in [0.1, 0.15) is 0 Å². The Morgan fingerprint density at radius 3 is 2.42 bits per heavy atom. The summed E-state index contributed by atoms with van der Waals surface area (Å²) in [5.41, 5.74) is 3.06. The molecule has 24 heavy (non-hydrogen) atoms. The van der Waals surface area contributed by atoms with Gasteiger partial charge >= 0.3 is 0 Å². The molecule has 0 unspecified atom stereocenters. The molecule has 0 bridgehead atoms. The van der Waals surface area contributed by atoms with Gasteiger partial charge in [0, 0.05) is 21.0 Å². The summed E-state index contributed by atoms with van der Waals surface area (Å²) in [7, 11) is 0. The molecule has 0 atom stereocenters. The molecule has 2 N–H and O–H groups in total. The van der Waals surface area contributed by atoms with E-state index in [-0.39, 0.29) is 5.56 Å². The number of rotatable bonds is 2. The summed E-state index contributed by atoms with van der Waals surface area (Å²) in [4.78, 5) is 17.0. The maximum absolute atomic E-state index is 12.6. The Kier molecular flexibility index (Phi) is 3.61. The van der Waals surface area contributed by atoms with Crippen LogP contribution in [-0.4, -0.2) is 14.2 Å². The molecule has 2 aromatic heterocycles. The van der Waals surface area contributed by atoms with Crippen molar-refractivity contribution in [3.8, 4) is 16.8 Å². The van der Waals surface area contributed by atoms with Crippen LogP contribution >= 0.6 is 22.6 Å². The topological polar surface area (TPSA) is 65.8 Å². The van der Waals surface area contributed by atoms with E-state index in [9.17, 15) is 4.79 Å². The second-order valence-electron chi connectivity index (χ2n) is 5.41. The molecule has 0 aliphatic carbocycles. The number of hydrogen-bond donors (Lipinski definition) is 1. The molecule has 0 saturated carbocycles. The molecule has 2 aromatic carbocycles. The van der Waals surface area contributed by atoms with Gasteiger partial charge < -0.3 is 10.4 Å². The van der Waals surface area contributed by atoms with E-state index >= 15 is 0 Å². The third-order valence-electron chi connectivity index (χ3n) is 3.92. The summed E-state index contributed by atoms with van der Waals surface area (Å²) in [6, 6.07) is 17.8. The summed E-state index contributed by atoms with van der Waals surface area (Å²) in [6.45, 7) is 0. The Balaban J connectivity index is 2.08. The van der Waals surface area contributed by atoms with Crippen molar-refractivity contribution in [1.29, 1.82) is 0 Å². The molecule has 4 rings (SSSR count). The summed E-state index contributed by atoms with van der Waals surface area (Å²) in [6.07, 6.45) is 3.29. The van der Waals surface area contributed by atoms with Gasteiger partial charge in [0.05, 0.1) is 5.39 Å². The Hall–Kier alpha value is -2.61. The molecule has 0 radical (unpaired) electrons. The van der Waals surface area contributed by atoms with Crippen molar-refractivity contribution in [2.45, 2.75) is 0 Å². The van der Waals surface area contributed by atoms with E-state index in [1.54, 1.807) is 0 Å². The highest BCUT2D eigenvalue weighted by Gasteiger charge is 2.16. The predicted octanol–water partition coefficient (Wildman–Crippen LogP) is 3.17. The lowest BCUT2D eigenvalue weighted by molar-refractivity contribution is 0.905. The standard InChI is InChI=1S/C18H13IN4O/c19-13-6-8-14(9-7-13)22-10-15(12-4-2-1-3-5-12)16-17(22)21-11-23(20)18(16)24/h1-11H,20H2. The van der Waals surface area contributed by atoms with Crippen molar-refractivity contribution in [1.82, 2.24) is 14.2 Å². The molecule has 6 heteroatoms. The van der Waals surface area contributed by atoms with Gasteiger partial charge in [0.1, 0.15) is 6.33 Å². The van der Waals surface area contributed by atoms with Crippen LogP contribution < -0.4 is 11.4 Å². The molecular formula is C18H13IN4O. The zero-order chi connectivity index (χ0) is 16.7. The zero-order valence-electron chi connectivity index (χ0n) is 12.6. The van der Waals surface area contributed by atoms with Gasteiger partial charge in [-0.25, -0.2) is 9.66 Å². The van der Waals surface area contributed by atoms with Gasteiger partial charge in [0.2, 0.25) is 0 Å². The lowest BCUT2D eigenvalue weighted by atomic mass is 10.1. The fraction of sp³-hybridized carbons (Fsp3) is 0. The number of nitrogen functional groups attached to an aromatic ring is 1. The first kappa shape index (κ1) is 14.9. The normalized spacial score (nSPS) is 11.0. The first-order chi connectivity index (χ1) is 11.6. The molecule has 2 heterocycles. The highest BCUT2D eigenvalue weighted by molar-refractivity contribution is 14.1. The molecule has 0 saturated heterocycles. The monoisotopic (exact) mass is 428 g/mol. The minimum absolute atomic E-state index is 0.261. The van der Waals surface area contributed by atoms with Crippen LogP contribution in [0.4, 0.5) is 0 Å². The van der Waals surface area contributed by atoms with Crippen LogP contribution in [0, 0.1) is 3.57 Å². The minimum atomic E-state index is -0.261. The van der Waals surface area contributed by atoms with E-state index in [2.05, 4.69) is 27.6 Å². The average Bonchev–Trinajstić information content (AvgIpc) is 3.00. The van der Waals surface area contributed by atoms with E-state index in [0.29, 0.717) is 11.0 Å². The van der Waals surface area contributed by atoms with Crippen LogP contribution in [-0.2, 0) is 0 Å². The van der Waals surface area contributed by atoms with Crippen LogP contribution in [0.25, 0.3) is 27.8 Å². The van der Waals surface area contributed by atoms with E-state index < -0.39 is 0 Å². The quantitative estimate of drug-likeness (QED) is 0.394. The summed E-state index contributed by atoms with van der Waals surface area (Å²) >= 11 is 2.26. The number of fused-ring (bicyclic) bond motifs is 1. The second kappa shape index (κ2) is 5.79. The highest BCUT2D eigenvalue weighted by Crippen LogP contribution is 2.29. The molecule has 5 nitrogen and oxygen atoms in total. The Morgan fingerprint density at radius 2 is 1.71 bits per heavy atom. The largest absolute Gasteiger partial charge is 0.335 e. The Morgan fingerprint density at radius 1 is 1.00 bits per heavy atom. The van der Waals surface area contributed by atoms with Gasteiger partial charge in [-0.2, -0.15) is 0 Å². The second-order valence-corrected chi connectivity index (χ2v) is 6.66. The van der Waals surface area contributed by atoms with Gasteiger partial charge in [-0.1, -0.05) is 30.3 Å². The van der Waals surface area contributed by atoms with Crippen molar-refractivity contribution in [2.75, 3.05) is 5.84 Å².